The third-order valence-electron chi connectivity index (χ3n) is 11.7. The second kappa shape index (κ2) is 20.4. The standard InChI is InChI=1S/C23H22N2.C22H21N3.C10H6N4.2Au/c1-16-9-7-10-17(2)22(16)24-15-25(21-14-6-5-13-20(21)24)23-18(3)11-8-12-19(23)4;1-15-7-5-8-16(2)21(15)24-14-25(20-13-23-12-11-19(20)24)22-17(3)9-6-10-18(22)4;1-3-11-5-9-7(1)13-8-2-4-12-6-10(8)14-9;;/h5-14H,1-4H3;5-13H,1-4H3;1-6H;;/q;;-2;;. The summed E-state index contributed by atoms with van der Waals surface area (Å²) in [6, 6.07) is 39.9. The molecule has 0 fully saturated rings. The van der Waals surface area contributed by atoms with Crippen molar-refractivity contribution in [3.8, 4) is 22.7 Å². The summed E-state index contributed by atoms with van der Waals surface area (Å²) < 4.78 is 8.70. The van der Waals surface area contributed by atoms with Crippen LogP contribution in [0.25, 0.3) is 55.4 Å². The van der Waals surface area contributed by atoms with Crippen LogP contribution in [0.3, 0.4) is 0 Å². The Morgan fingerprint density at radius 1 is 0.379 bits per heavy atom. The van der Waals surface area contributed by atoms with E-state index in [0.717, 1.165) is 33.8 Å². The van der Waals surface area contributed by atoms with Crippen molar-refractivity contribution >= 4 is 44.8 Å². The first kappa shape index (κ1) is 47.5. The molecule has 0 atom stereocenters. The van der Waals surface area contributed by atoms with E-state index in [9.17, 15) is 0 Å². The van der Waals surface area contributed by atoms with Gasteiger partial charge in [-0.1, -0.05) is 109 Å². The molecule has 5 aromatic carbocycles. The predicted molar refractivity (Wildman–Crippen MR) is 257 cm³/mol. The van der Waals surface area contributed by atoms with Crippen LogP contribution in [0.15, 0.2) is 152 Å². The fourth-order valence-corrected chi connectivity index (χ4v) is 8.69. The number of aryl methyl sites for hydroxylation is 8. The average molecular weight is 1230 g/mol. The summed E-state index contributed by atoms with van der Waals surface area (Å²) in [5, 5.41) is 8.83. The molecular formula is C55H49Au2N9-2. The molecule has 0 bridgehead atoms. The van der Waals surface area contributed by atoms with Crippen molar-refractivity contribution in [2.45, 2.75) is 55.4 Å². The molecule has 11 heteroatoms. The number of para-hydroxylation sites is 6. The minimum atomic E-state index is 0. The summed E-state index contributed by atoms with van der Waals surface area (Å²) in [5.74, 6) is 0. The number of benzene rings is 5. The first-order valence-electron chi connectivity index (χ1n) is 21.4. The number of fused-ring (bicyclic) bond motifs is 4. The maximum atomic E-state index is 4.44. The zero-order valence-electron chi connectivity index (χ0n) is 38.1. The first-order valence-corrected chi connectivity index (χ1v) is 21.4. The summed E-state index contributed by atoms with van der Waals surface area (Å²) in [7, 11) is 0. The van der Waals surface area contributed by atoms with Gasteiger partial charge in [0.1, 0.15) is 0 Å². The van der Waals surface area contributed by atoms with Crippen LogP contribution in [0.5, 0.6) is 0 Å². The van der Waals surface area contributed by atoms with Gasteiger partial charge in [0, 0.05) is 81.9 Å². The van der Waals surface area contributed by atoms with Gasteiger partial charge in [0.25, 0.3) is 12.7 Å². The predicted octanol–water partition coefficient (Wildman–Crippen LogP) is 12.7. The number of imidazole rings is 2. The molecule has 66 heavy (non-hydrogen) atoms. The number of pyridine rings is 3. The molecule has 0 amide bonds. The Labute approximate surface area is 418 Å². The molecule has 0 spiro atoms. The quantitative estimate of drug-likeness (QED) is 0.1000. The van der Waals surface area contributed by atoms with Crippen molar-refractivity contribution in [1.29, 1.82) is 0 Å². The maximum absolute atomic E-state index is 4.44. The fourth-order valence-electron chi connectivity index (χ4n) is 8.69. The molecule has 1 aliphatic heterocycles. The van der Waals surface area contributed by atoms with E-state index in [2.05, 4.69) is 215 Å². The van der Waals surface area contributed by atoms with Crippen LogP contribution in [0.2, 0.25) is 0 Å². The zero-order chi connectivity index (χ0) is 44.5. The van der Waals surface area contributed by atoms with Gasteiger partial charge in [-0.25, -0.2) is 0 Å². The Bertz CT molecular complexity index is 2840. The molecule has 10 aromatic rings. The topological polar surface area (TPSA) is 84.5 Å². The molecule has 338 valence electrons. The van der Waals surface area contributed by atoms with Crippen molar-refractivity contribution in [2.24, 2.45) is 0 Å². The molecule has 0 unspecified atom stereocenters. The number of hydrogen-bond acceptors (Lipinski definition) is 3. The summed E-state index contributed by atoms with van der Waals surface area (Å²) in [4.78, 5) is 12.3. The van der Waals surface area contributed by atoms with Gasteiger partial charge in [-0.2, -0.15) is 0 Å². The second-order valence-electron chi connectivity index (χ2n) is 16.3. The van der Waals surface area contributed by atoms with E-state index in [1.165, 1.54) is 78.3 Å². The van der Waals surface area contributed by atoms with E-state index < -0.39 is 0 Å². The van der Waals surface area contributed by atoms with Crippen molar-refractivity contribution in [2.75, 3.05) is 0 Å². The second-order valence-corrected chi connectivity index (χ2v) is 16.3. The largest absolute Gasteiger partial charge is 0.660 e. The SMILES string of the molecule is Cc1cccc(C)c1-n1[c-][n+](-c2c(C)cccc2C)c2ccccc21.Cc1cccc(C)c1-n1[c-][n+](-c2c(C)cccc2C)c2ccncc21.[Au].[Au].c1cc2c(cn1)[N-]c1cnccc1[N-]2. The van der Waals surface area contributed by atoms with E-state index in [4.69, 9.17) is 0 Å². The molecule has 5 aromatic heterocycles. The number of aromatic nitrogens is 7. The fraction of sp³-hybridized carbons (Fsp3) is 0.145. The Balaban J connectivity index is 0.000000151. The van der Waals surface area contributed by atoms with Gasteiger partial charge >= 0.3 is 0 Å². The minimum Gasteiger partial charge on any atom is -0.660 e. The van der Waals surface area contributed by atoms with Gasteiger partial charge in [-0.15, -0.1) is 22.7 Å². The smallest absolute Gasteiger partial charge is 0.269 e. The Morgan fingerprint density at radius 3 is 1.21 bits per heavy atom. The molecule has 2 radical (unpaired) electrons. The molecular weight excluding hydrogens is 1180 g/mol. The molecule has 6 heterocycles. The van der Waals surface area contributed by atoms with Crippen LogP contribution in [0, 0.1) is 68.0 Å². The number of nitrogens with zero attached hydrogens (tertiary/aromatic N) is 9. The number of hydrogen-bond donors (Lipinski definition) is 0. The van der Waals surface area contributed by atoms with E-state index in [-0.39, 0.29) is 44.8 Å². The molecule has 0 saturated carbocycles. The molecule has 1 aliphatic rings. The summed E-state index contributed by atoms with van der Waals surface area (Å²) in [5.41, 5.74) is 22.5. The summed E-state index contributed by atoms with van der Waals surface area (Å²) in [6.07, 6.45) is 17.8. The van der Waals surface area contributed by atoms with Crippen molar-refractivity contribution in [1.82, 2.24) is 24.1 Å². The Morgan fingerprint density at radius 2 is 0.742 bits per heavy atom. The van der Waals surface area contributed by atoms with Crippen molar-refractivity contribution in [3.63, 3.8) is 0 Å². The maximum Gasteiger partial charge on any atom is 0.269 e. The third kappa shape index (κ3) is 9.19. The molecule has 0 aliphatic carbocycles. The van der Waals surface area contributed by atoms with Gasteiger partial charge in [-0.3, -0.25) is 33.2 Å². The van der Waals surface area contributed by atoms with Crippen LogP contribution in [0.1, 0.15) is 44.5 Å². The summed E-state index contributed by atoms with van der Waals surface area (Å²) in [6.45, 7) is 17.2. The van der Waals surface area contributed by atoms with Gasteiger partial charge in [0.2, 0.25) is 0 Å². The van der Waals surface area contributed by atoms with Gasteiger partial charge in [0.15, 0.2) is 0 Å². The van der Waals surface area contributed by atoms with Crippen LogP contribution >= 0.6 is 0 Å². The van der Waals surface area contributed by atoms with Crippen LogP contribution in [0.4, 0.5) is 22.7 Å². The van der Waals surface area contributed by atoms with E-state index in [1.807, 2.05) is 24.5 Å². The first-order chi connectivity index (χ1) is 31.1. The molecule has 0 saturated heterocycles. The normalized spacial score (nSPS) is 11.0. The van der Waals surface area contributed by atoms with Crippen LogP contribution in [-0.4, -0.2) is 24.1 Å². The average Bonchev–Trinajstić information content (AvgIpc) is 3.85. The van der Waals surface area contributed by atoms with E-state index in [0.29, 0.717) is 0 Å². The van der Waals surface area contributed by atoms with E-state index in [1.54, 1.807) is 24.8 Å². The van der Waals surface area contributed by atoms with Crippen LogP contribution in [-0.2, 0) is 44.8 Å². The van der Waals surface area contributed by atoms with E-state index >= 15 is 0 Å². The Kier molecular flexibility index (Phi) is 14.7. The van der Waals surface area contributed by atoms with Crippen molar-refractivity contribution in [3.05, 3.63) is 220 Å². The minimum absolute atomic E-state index is 0. The third-order valence-corrected chi connectivity index (χ3v) is 11.7. The molecule has 0 N–H and O–H groups in total. The molecule has 11 rings (SSSR count). The zero-order valence-corrected chi connectivity index (χ0v) is 42.4. The molecule has 9 nitrogen and oxygen atoms in total. The monoisotopic (exact) mass is 1230 g/mol. The van der Waals surface area contributed by atoms with Gasteiger partial charge in [-0.05, 0) is 106 Å². The Hall–Kier alpha value is -6.43. The van der Waals surface area contributed by atoms with Crippen molar-refractivity contribution < 1.29 is 53.9 Å². The summed E-state index contributed by atoms with van der Waals surface area (Å²) >= 11 is 0. The van der Waals surface area contributed by atoms with Crippen LogP contribution < -0.4 is 9.13 Å². The number of rotatable bonds is 4. The van der Waals surface area contributed by atoms with Gasteiger partial charge in [0.05, 0.1) is 44.8 Å². The van der Waals surface area contributed by atoms with Gasteiger partial charge < -0.3 is 10.6 Å².